The Hall–Kier alpha value is -2.21. The number of benzene rings is 1. The smallest absolute Gasteiger partial charge is 0.235 e. The highest BCUT2D eigenvalue weighted by atomic mass is 35.5. The number of carbonyl (C=O) groups is 1. The first-order chi connectivity index (χ1) is 12.6. The molecule has 142 valence electrons. The zero-order valence-corrected chi connectivity index (χ0v) is 16.1. The number of amides is 1. The van der Waals surface area contributed by atoms with E-state index in [0.29, 0.717) is 17.4 Å². The normalized spacial score (nSPS) is 10.6. The van der Waals surface area contributed by atoms with Crippen LogP contribution in [0.5, 0.6) is 11.5 Å². The Kier molecular flexibility index (Phi) is 8.28. The number of methoxy groups -OCH3 is 1. The van der Waals surface area contributed by atoms with Crippen LogP contribution in [0.1, 0.15) is 44.9 Å². The first-order valence-electron chi connectivity index (χ1n) is 8.86. The van der Waals surface area contributed by atoms with Crippen LogP contribution in [0.4, 0.5) is 0 Å². The summed E-state index contributed by atoms with van der Waals surface area (Å²) in [4.78, 5) is 15.4. The predicted octanol–water partition coefficient (Wildman–Crippen LogP) is 4.21. The lowest BCUT2D eigenvalue weighted by atomic mass is 10.1. The van der Waals surface area contributed by atoms with Crippen LogP contribution >= 0.6 is 11.6 Å². The number of aryl methyl sites for hydroxylation is 1. The lowest BCUT2D eigenvalue weighted by Gasteiger charge is -2.09. The molecule has 0 radical (unpaired) electrons. The van der Waals surface area contributed by atoms with Gasteiger partial charge in [-0.25, -0.2) is 9.66 Å². The molecule has 1 aromatic carbocycles. The number of nitrogens with one attached hydrogen (secondary N) is 1. The van der Waals surface area contributed by atoms with Gasteiger partial charge < -0.3 is 9.47 Å². The predicted molar refractivity (Wildman–Crippen MR) is 103 cm³/mol. The van der Waals surface area contributed by atoms with E-state index in [1.54, 1.807) is 30.2 Å². The molecule has 0 aliphatic heterocycles. The Balaban J connectivity index is 1.56. The minimum Gasteiger partial charge on any atom is -0.497 e. The molecule has 0 saturated carbocycles. The molecule has 0 fully saturated rings. The number of ether oxygens (including phenoxy) is 2. The van der Waals surface area contributed by atoms with Crippen molar-refractivity contribution in [3.8, 4) is 11.5 Å². The van der Waals surface area contributed by atoms with Crippen LogP contribution in [0.3, 0.4) is 0 Å². The van der Waals surface area contributed by atoms with E-state index in [4.69, 9.17) is 21.1 Å². The largest absolute Gasteiger partial charge is 0.497 e. The first-order valence-corrected chi connectivity index (χ1v) is 9.24. The minimum absolute atomic E-state index is 0.0961. The van der Waals surface area contributed by atoms with Crippen LogP contribution in [-0.4, -0.2) is 29.3 Å². The van der Waals surface area contributed by atoms with Crippen molar-refractivity contribution in [1.82, 2.24) is 9.66 Å². The monoisotopic (exact) mass is 379 g/mol. The van der Waals surface area contributed by atoms with Crippen LogP contribution < -0.4 is 14.9 Å². The van der Waals surface area contributed by atoms with Crippen molar-refractivity contribution in [3.05, 3.63) is 41.4 Å². The quantitative estimate of drug-likeness (QED) is 0.594. The molecular formula is C19H26ClN3O3. The molecule has 26 heavy (non-hydrogen) atoms. The van der Waals surface area contributed by atoms with Crippen molar-refractivity contribution in [2.45, 2.75) is 45.4 Å². The number of hydrogen-bond acceptors (Lipinski definition) is 4. The Bertz CT molecular complexity index is 703. The fourth-order valence-electron chi connectivity index (χ4n) is 2.61. The Labute approximate surface area is 159 Å². The highest BCUT2D eigenvalue weighted by molar-refractivity contribution is 6.32. The van der Waals surface area contributed by atoms with Gasteiger partial charge in [-0.2, -0.15) is 0 Å². The average Bonchev–Trinajstić information content (AvgIpc) is 3.04. The van der Waals surface area contributed by atoms with E-state index in [1.807, 2.05) is 12.1 Å². The third-order valence-corrected chi connectivity index (χ3v) is 4.23. The molecule has 2 aromatic rings. The van der Waals surface area contributed by atoms with Crippen molar-refractivity contribution in [3.63, 3.8) is 0 Å². The molecule has 0 unspecified atom stereocenters. The molecule has 0 spiro atoms. The van der Waals surface area contributed by atoms with Gasteiger partial charge in [-0.15, -0.1) is 0 Å². The second kappa shape index (κ2) is 10.7. The minimum atomic E-state index is -0.0961. The molecule has 1 aromatic heterocycles. The van der Waals surface area contributed by atoms with Gasteiger partial charge in [-0.05, 0) is 25.0 Å². The van der Waals surface area contributed by atoms with Crippen molar-refractivity contribution in [2.24, 2.45) is 0 Å². The molecule has 0 aliphatic carbocycles. The van der Waals surface area contributed by atoms with E-state index in [0.717, 1.165) is 50.1 Å². The number of aromatic nitrogens is 2. The molecule has 7 heteroatoms. The van der Waals surface area contributed by atoms with Crippen LogP contribution in [0.25, 0.3) is 0 Å². The average molecular weight is 380 g/mol. The highest BCUT2D eigenvalue weighted by Gasteiger charge is 2.05. The number of rotatable bonds is 11. The molecule has 1 heterocycles. The summed E-state index contributed by atoms with van der Waals surface area (Å²) in [6.07, 6.45) is 9.71. The Morgan fingerprint density at radius 3 is 2.73 bits per heavy atom. The lowest BCUT2D eigenvalue weighted by molar-refractivity contribution is -0.115. The number of halogens is 1. The first kappa shape index (κ1) is 20.1. The molecule has 0 atom stereocenters. The Morgan fingerprint density at radius 1 is 1.23 bits per heavy atom. The maximum atomic E-state index is 11.1. The van der Waals surface area contributed by atoms with Crippen molar-refractivity contribution < 1.29 is 14.3 Å². The van der Waals surface area contributed by atoms with E-state index in [1.165, 1.54) is 6.92 Å². The molecule has 0 aliphatic rings. The number of hydrogen-bond donors (Lipinski definition) is 1. The number of unbranched alkanes of at least 4 members (excludes halogenated alkanes) is 4. The van der Waals surface area contributed by atoms with Crippen LogP contribution in [-0.2, 0) is 11.2 Å². The second-order valence-electron chi connectivity index (χ2n) is 6.04. The summed E-state index contributed by atoms with van der Waals surface area (Å²) < 4.78 is 12.5. The molecule has 2 rings (SSSR count). The summed E-state index contributed by atoms with van der Waals surface area (Å²) in [6, 6.07) is 5.42. The van der Waals surface area contributed by atoms with Crippen LogP contribution in [0, 0.1) is 0 Å². The van der Waals surface area contributed by atoms with Crippen LogP contribution in [0.2, 0.25) is 5.02 Å². The second-order valence-corrected chi connectivity index (χ2v) is 6.45. The Morgan fingerprint density at radius 2 is 2.00 bits per heavy atom. The van der Waals surface area contributed by atoms with Gasteiger partial charge in [-0.1, -0.05) is 30.9 Å². The molecular weight excluding hydrogens is 354 g/mol. The van der Waals surface area contributed by atoms with Gasteiger partial charge in [0.25, 0.3) is 0 Å². The molecule has 6 nitrogen and oxygen atoms in total. The number of imidazole rings is 1. The fraction of sp³-hybridized carbons (Fsp3) is 0.474. The van der Waals surface area contributed by atoms with Gasteiger partial charge in [-0.3, -0.25) is 10.2 Å². The third kappa shape index (κ3) is 6.59. The van der Waals surface area contributed by atoms with Crippen molar-refractivity contribution in [2.75, 3.05) is 19.1 Å². The molecule has 1 amide bonds. The molecule has 1 N–H and O–H groups in total. The lowest BCUT2D eigenvalue weighted by Crippen LogP contribution is -2.21. The van der Waals surface area contributed by atoms with E-state index in [9.17, 15) is 4.79 Å². The maximum absolute atomic E-state index is 11.1. The van der Waals surface area contributed by atoms with Gasteiger partial charge in [0.2, 0.25) is 5.91 Å². The van der Waals surface area contributed by atoms with E-state index >= 15 is 0 Å². The van der Waals surface area contributed by atoms with Gasteiger partial charge in [0.05, 0.1) is 18.7 Å². The van der Waals surface area contributed by atoms with Crippen molar-refractivity contribution in [1.29, 1.82) is 0 Å². The fourth-order valence-corrected chi connectivity index (χ4v) is 2.84. The highest BCUT2D eigenvalue weighted by Crippen LogP contribution is 2.28. The SMILES string of the molecule is COc1ccc(OCCCCCCCc2nccn2NC(C)=O)c(Cl)c1. The van der Waals surface area contributed by atoms with Gasteiger partial charge in [0, 0.05) is 31.8 Å². The van der Waals surface area contributed by atoms with Crippen molar-refractivity contribution >= 4 is 17.5 Å². The van der Waals surface area contributed by atoms with E-state index in [2.05, 4.69) is 10.4 Å². The number of carbonyl (C=O) groups excluding carboxylic acids is 1. The zero-order valence-electron chi connectivity index (χ0n) is 15.3. The zero-order chi connectivity index (χ0) is 18.8. The summed E-state index contributed by atoms with van der Waals surface area (Å²) in [6.45, 7) is 2.14. The number of nitrogens with zero attached hydrogens (tertiary/aromatic N) is 2. The summed E-state index contributed by atoms with van der Waals surface area (Å²) in [5.74, 6) is 2.21. The molecule has 0 bridgehead atoms. The van der Waals surface area contributed by atoms with Gasteiger partial charge in [0.15, 0.2) is 0 Å². The third-order valence-electron chi connectivity index (χ3n) is 3.94. The van der Waals surface area contributed by atoms with E-state index < -0.39 is 0 Å². The standard InChI is InChI=1S/C19H26ClN3O3/c1-15(24)22-23-12-11-21-19(23)8-6-4-3-5-7-13-26-18-10-9-16(25-2)14-17(18)20/h9-12,14H,3-8,13H2,1-2H3,(H,22,24). The molecule has 0 saturated heterocycles. The summed E-state index contributed by atoms with van der Waals surface area (Å²) in [7, 11) is 1.61. The topological polar surface area (TPSA) is 65.4 Å². The summed E-state index contributed by atoms with van der Waals surface area (Å²) >= 11 is 6.14. The maximum Gasteiger partial charge on any atom is 0.235 e. The van der Waals surface area contributed by atoms with Gasteiger partial charge in [0.1, 0.15) is 17.3 Å². The van der Waals surface area contributed by atoms with E-state index in [-0.39, 0.29) is 5.91 Å². The summed E-state index contributed by atoms with van der Waals surface area (Å²) in [5, 5.41) is 0.569. The van der Waals surface area contributed by atoms with Gasteiger partial charge >= 0.3 is 0 Å². The van der Waals surface area contributed by atoms with Crippen LogP contribution in [0.15, 0.2) is 30.6 Å². The summed E-state index contributed by atoms with van der Waals surface area (Å²) in [5.41, 5.74) is 2.73.